The third kappa shape index (κ3) is 7.13. The molecule has 5 aliphatic carbocycles. The van der Waals surface area contributed by atoms with E-state index in [-0.39, 0.29) is 23.3 Å². The molecule has 1 aromatic heterocycles. The van der Waals surface area contributed by atoms with E-state index in [0.717, 1.165) is 69.9 Å². The molecule has 1 amide bonds. The first-order valence-electron chi connectivity index (χ1n) is 18.1. The van der Waals surface area contributed by atoms with Crippen LogP contribution < -0.4 is 27.0 Å². The number of amides is 1. The highest BCUT2D eigenvalue weighted by Gasteiger charge is 2.51. The summed E-state index contributed by atoms with van der Waals surface area (Å²) in [6.07, 6.45) is 11.0. The zero-order valence-corrected chi connectivity index (χ0v) is 27.7. The minimum atomic E-state index is -0.471. The molecular formula is C38H51N7O2. The molecule has 5 atom stereocenters. The molecule has 0 saturated heterocycles. The van der Waals surface area contributed by atoms with Crippen LogP contribution in [0.5, 0.6) is 0 Å². The van der Waals surface area contributed by atoms with Crippen LogP contribution in [0.1, 0.15) is 112 Å². The molecule has 2 aromatic carbocycles. The zero-order chi connectivity index (χ0) is 32.0. The zero-order valence-electron chi connectivity index (χ0n) is 27.7. The van der Waals surface area contributed by atoms with E-state index in [2.05, 4.69) is 81.0 Å². The van der Waals surface area contributed by atoms with E-state index >= 15 is 0 Å². The maximum absolute atomic E-state index is 12.0. The van der Waals surface area contributed by atoms with E-state index in [0.29, 0.717) is 29.3 Å². The molecule has 1 heterocycles. The summed E-state index contributed by atoms with van der Waals surface area (Å²) in [6, 6.07) is 20.9. The molecule has 5 fully saturated rings. The second-order valence-corrected chi connectivity index (χ2v) is 15.6. The van der Waals surface area contributed by atoms with Crippen molar-refractivity contribution in [3.05, 3.63) is 77.4 Å². The average molecular weight is 638 g/mol. The minimum absolute atomic E-state index is 0.00886. The van der Waals surface area contributed by atoms with E-state index in [1.165, 1.54) is 42.5 Å². The number of anilines is 1. The number of carbonyl (C=O) groups excluding carboxylic acids is 1. The normalized spacial score (nSPS) is 30.3. The molecule has 250 valence electrons. The van der Waals surface area contributed by atoms with E-state index in [9.17, 15) is 4.79 Å². The van der Waals surface area contributed by atoms with Gasteiger partial charge in [0.15, 0.2) is 5.82 Å². The van der Waals surface area contributed by atoms with Crippen molar-refractivity contribution in [2.45, 2.75) is 118 Å². The average Bonchev–Trinajstić information content (AvgIpc) is 3.94. The summed E-state index contributed by atoms with van der Waals surface area (Å²) >= 11 is 0. The Bertz CT molecular complexity index is 1540. The number of hydrogen-bond acceptors (Lipinski definition) is 8. The van der Waals surface area contributed by atoms with Gasteiger partial charge in [0.1, 0.15) is 0 Å². The van der Waals surface area contributed by atoms with Crippen molar-refractivity contribution < 1.29 is 9.32 Å². The van der Waals surface area contributed by atoms with Gasteiger partial charge in [0.05, 0.1) is 6.04 Å². The highest BCUT2D eigenvalue weighted by molar-refractivity contribution is 5.81. The maximum atomic E-state index is 12.0. The Hall–Kier alpha value is -3.27. The van der Waals surface area contributed by atoms with Crippen LogP contribution in [0.2, 0.25) is 0 Å². The van der Waals surface area contributed by atoms with E-state index in [1.54, 1.807) is 6.92 Å². The van der Waals surface area contributed by atoms with Gasteiger partial charge in [-0.15, -0.1) is 0 Å². The fraction of sp³-hybridized carbons (Fsp3) is 0.605. The number of hydrogen-bond donors (Lipinski definition) is 5. The van der Waals surface area contributed by atoms with Crippen LogP contribution in [0.4, 0.5) is 5.69 Å². The Balaban J connectivity index is 0.777. The van der Waals surface area contributed by atoms with E-state index < -0.39 is 6.04 Å². The van der Waals surface area contributed by atoms with Crippen molar-refractivity contribution in [3.63, 3.8) is 0 Å². The van der Waals surface area contributed by atoms with Crippen LogP contribution in [-0.4, -0.2) is 59.8 Å². The smallest absolute Gasteiger partial charge is 0.236 e. The summed E-state index contributed by atoms with van der Waals surface area (Å²) in [5.74, 6) is 3.09. The maximum Gasteiger partial charge on any atom is 0.236 e. The van der Waals surface area contributed by atoms with Crippen LogP contribution >= 0.6 is 0 Å². The molecule has 0 unspecified atom stereocenters. The van der Waals surface area contributed by atoms with Crippen molar-refractivity contribution >= 4 is 11.6 Å². The number of nitrogens with two attached hydrogens (primary N) is 1. The van der Waals surface area contributed by atoms with Crippen LogP contribution in [0.25, 0.3) is 0 Å². The van der Waals surface area contributed by atoms with Crippen LogP contribution in [0.3, 0.4) is 0 Å². The molecule has 5 saturated carbocycles. The van der Waals surface area contributed by atoms with Gasteiger partial charge in [0.25, 0.3) is 0 Å². The van der Waals surface area contributed by atoms with Gasteiger partial charge in [-0.2, -0.15) is 4.98 Å². The lowest BCUT2D eigenvalue weighted by molar-refractivity contribution is -0.122. The third-order valence-corrected chi connectivity index (χ3v) is 11.8. The number of nitrogens with zero attached hydrogens (tertiary/aromatic N) is 2. The summed E-state index contributed by atoms with van der Waals surface area (Å²) in [5.41, 5.74) is 10.3. The fourth-order valence-corrected chi connectivity index (χ4v) is 7.78. The van der Waals surface area contributed by atoms with Crippen molar-refractivity contribution in [2.75, 3.05) is 25.0 Å². The van der Waals surface area contributed by atoms with Crippen LogP contribution in [-0.2, 0) is 10.2 Å². The Morgan fingerprint density at radius 2 is 1.60 bits per heavy atom. The van der Waals surface area contributed by atoms with Gasteiger partial charge in [0.2, 0.25) is 11.8 Å². The fourth-order valence-electron chi connectivity index (χ4n) is 7.78. The summed E-state index contributed by atoms with van der Waals surface area (Å²) in [7, 11) is 0. The van der Waals surface area contributed by atoms with Crippen LogP contribution in [0, 0.1) is 5.41 Å². The molecule has 0 aliphatic heterocycles. The number of carbonyl (C=O) groups is 1. The standard InChI is InChI=1S/C38H51N7O2/c1-24(39)34(46)43-28-12-10-26(11-13-28)35-44-36(45-47-35)38(16-17-38)23-42-33-20-31(33)27-8-5-9-29(18-27)40-21-37(14-15-37)22-41-32-19-30(32)25-6-3-2-4-7-25/h2-9,18,24,26,28,30-33,40-42H,10-17,19-23,39H2,1H3,(H,43,46)/t24-,26-,28-,30-,31-,32+,33+/m0/s1. The van der Waals surface area contributed by atoms with Crippen LogP contribution in [0.15, 0.2) is 59.1 Å². The second-order valence-electron chi connectivity index (χ2n) is 15.6. The van der Waals surface area contributed by atoms with E-state index in [4.69, 9.17) is 15.2 Å². The Kier molecular flexibility index (Phi) is 8.34. The van der Waals surface area contributed by atoms with Gasteiger partial charge in [0, 0.05) is 72.0 Å². The largest absolute Gasteiger partial charge is 0.384 e. The molecule has 9 heteroatoms. The summed E-state index contributed by atoms with van der Waals surface area (Å²) in [6.45, 7) is 4.78. The molecule has 6 N–H and O–H groups in total. The molecular weight excluding hydrogens is 586 g/mol. The number of aromatic nitrogens is 2. The van der Waals surface area contributed by atoms with Crippen molar-refractivity contribution in [3.8, 4) is 0 Å². The van der Waals surface area contributed by atoms with Crippen molar-refractivity contribution in [2.24, 2.45) is 11.1 Å². The topological polar surface area (TPSA) is 130 Å². The predicted octanol–water partition coefficient (Wildman–Crippen LogP) is 5.07. The lowest BCUT2D eigenvalue weighted by Crippen LogP contribution is -2.45. The van der Waals surface area contributed by atoms with Gasteiger partial charge in [-0.05, 0) is 94.4 Å². The molecule has 9 nitrogen and oxygen atoms in total. The van der Waals surface area contributed by atoms with E-state index in [1.807, 2.05) is 0 Å². The Morgan fingerprint density at radius 3 is 2.30 bits per heavy atom. The quantitative estimate of drug-likeness (QED) is 0.156. The third-order valence-electron chi connectivity index (χ3n) is 11.8. The first-order valence-corrected chi connectivity index (χ1v) is 18.1. The van der Waals surface area contributed by atoms with Crippen molar-refractivity contribution in [1.82, 2.24) is 26.1 Å². The minimum Gasteiger partial charge on any atom is -0.384 e. The van der Waals surface area contributed by atoms with Gasteiger partial charge < -0.3 is 31.5 Å². The molecule has 3 aromatic rings. The van der Waals surface area contributed by atoms with Gasteiger partial charge in [-0.1, -0.05) is 47.6 Å². The molecule has 8 rings (SSSR count). The lowest BCUT2D eigenvalue weighted by Gasteiger charge is -2.27. The summed E-state index contributed by atoms with van der Waals surface area (Å²) < 4.78 is 5.81. The molecule has 0 bridgehead atoms. The summed E-state index contributed by atoms with van der Waals surface area (Å²) in [5, 5.41) is 19.1. The highest BCUT2D eigenvalue weighted by Crippen LogP contribution is 2.50. The second kappa shape index (κ2) is 12.6. The van der Waals surface area contributed by atoms with Gasteiger partial charge in [-0.3, -0.25) is 4.79 Å². The molecule has 0 radical (unpaired) electrons. The Morgan fingerprint density at radius 1 is 0.894 bits per heavy atom. The Labute approximate surface area is 278 Å². The lowest BCUT2D eigenvalue weighted by atomic mass is 9.86. The summed E-state index contributed by atoms with van der Waals surface area (Å²) in [4.78, 5) is 16.9. The number of benzene rings is 2. The SMILES string of the molecule is C[C@H](N)C(=O)N[C@H]1CC[C@H](c2nc(C3(CN[C@@H]4C[C@H]4c4cccc(NCC5(CN[C@@H]6C[C@H]6c6ccccc6)CC5)c4)CC3)no2)CC1. The predicted molar refractivity (Wildman–Crippen MR) is 183 cm³/mol. The monoisotopic (exact) mass is 637 g/mol. The number of nitrogens with one attached hydrogen (secondary N) is 4. The highest BCUT2D eigenvalue weighted by atomic mass is 16.5. The first-order chi connectivity index (χ1) is 22.9. The van der Waals surface area contributed by atoms with Gasteiger partial charge >= 0.3 is 0 Å². The molecule has 0 spiro atoms. The number of rotatable bonds is 15. The molecule has 5 aliphatic rings. The van der Waals surface area contributed by atoms with Crippen molar-refractivity contribution in [1.29, 1.82) is 0 Å². The van der Waals surface area contributed by atoms with Gasteiger partial charge in [-0.25, -0.2) is 0 Å². The molecule has 47 heavy (non-hydrogen) atoms. The first kappa shape index (κ1) is 31.0.